The van der Waals surface area contributed by atoms with Gasteiger partial charge in [-0.25, -0.2) is 0 Å². The summed E-state index contributed by atoms with van der Waals surface area (Å²) in [4.78, 5) is 0. The fourth-order valence-electron chi connectivity index (χ4n) is 1.01. The van der Waals surface area contributed by atoms with Gasteiger partial charge < -0.3 is 4.74 Å². The third kappa shape index (κ3) is 2.76. The summed E-state index contributed by atoms with van der Waals surface area (Å²) in [6.45, 7) is 1.88. The second-order valence-electron chi connectivity index (χ2n) is 2.57. The average molecular weight is 316 g/mol. The fraction of sp³-hybridized carbons (Fsp3) is 0.333. The van der Waals surface area contributed by atoms with Crippen LogP contribution in [-0.2, 0) is 6.18 Å². The van der Waals surface area contributed by atoms with E-state index in [2.05, 4.69) is 0 Å². The molecule has 1 nitrogen and oxygen atoms in total. The third-order valence-corrected chi connectivity index (χ3v) is 2.22. The number of rotatable bonds is 2. The largest absolute Gasteiger partial charge is 0.493 e. The smallest absolute Gasteiger partial charge is 0.419 e. The van der Waals surface area contributed by atoms with Crippen LogP contribution >= 0.6 is 22.6 Å². The lowest BCUT2D eigenvalue weighted by Gasteiger charge is -2.12. The summed E-state index contributed by atoms with van der Waals surface area (Å²) in [5, 5.41) is 0. The Hall–Kier alpha value is -0.460. The second kappa shape index (κ2) is 4.37. The third-order valence-electron chi connectivity index (χ3n) is 1.55. The van der Waals surface area contributed by atoms with Gasteiger partial charge in [0, 0.05) is 3.57 Å². The van der Waals surface area contributed by atoms with E-state index in [9.17, 15) is 13.2 Å². The molecule has 0 amide bonds. The molecule has 78 valence electrons. The molecule has 0 fully saturated rings. The predicted octanol–water partition coefficient (Wildman–Crippen LogP) is 3.71. The Morgan fingerprint density at radius 1 is 1.36 bits per heavy atom. The molecule has 0 heterocycles. The Bertz CT molecular complexity index is 322. The van der Waals surface area contributed by atoms with Crippen LogP contribution in [0.2, 0.25) is 0 Å². The van der Waals surface area contributed by atoms with Gasteiger partial charge in [0.25, 0.3) is 0 Å². The normalized spacial score (nSPS) is 11.5. The minimum Gasteiger partial charge on any atom is -0.493 e. The second-order valence-corrected chi connectivity index (χ2v) is 3.82. The predicted molar refractivity (Wildman–Crippen MR) is 55.3 cm³/mol. The molecule has 1 aromatic rings. The molecule has 0 aromatic heterocycles. The molecule has 1 aromatic carbocycles. The molecular formula is C9H8F3IO. The molecule has 0 saturated heterocycles. The van der Waals surface area contributed by atoms with Crippen molar-refractivity contribution in [1.82, 2.24) is 0 Å². The highest BCUT2D eigenvalue weighted by molar-refractivity contribution is 14.1. The SMILES string of the molecule is CCOc1ccc(I)cc1C(F)(F)F. The molecule has 0 aliphatic heterocycles. The van der Waals surface area contributed by atoms with Gasteiger partial charge in [-0.1, -0.05) is 0 Å². The van der Waals surface area contributed by atoms with Crippen LogP contribution in [0.4, 0.5) is 13.2 Å². The highest BCUT2D eigenvalue weighted by Gasteiger charge is 2.34. The molecular weight excluding hydrogens is 308 g/mol. The van der Waals surface area contributed by atoms with E-state index in [1.165, 1.54) is 6.07 Å². The Morgan fingerprint density at radius 3 is 2.50 bits per heavy atom. The Balaban J connectivity index is 3.16. The molecule has 0 unspecified atom stereocenters. The van der Waals surface area contributed by atoms with Gasteiger partial charge in [0.2, 0.25) is 0 Å². The van der Waals surface area contributed by atoms with E-state index < -0.39 is 11.7 Å². The summed E-state index contributed by atoms with van der Waals surface area (Å²) in [7, 11) is 0. The van der Waals surface area contributed by atoms with Crippen molar-refractivity contribution in [2.45, 2.75) is 13.1 Å². The van der Waals surface area contributed by atoms with Gasteiger partial charge >= 0.3 is 6.18 Å². The monoisotopic (exact) mass is 316 g/mol. The van der Waals surface area contributed by atoms with E-state index in [-0.39, 0.29) is 12.4 Å². The van der Waals surface area contributed by atoms with Crippen molar-refractivity contribution in [1.29, 1.82) is 0 Å². The van der Waals surface area contributed by atoms with Crippen molar-refractivity contribution in [3.8, 4) is 5.75 Å². The lowest BCUT2D eigenvalue weighted by atomic mass is 10.2. The lowest BCUT2D eigenvalue weighted by Crippen LogP contribution is -2.08. The first kappa shape index (κ1) is 11.6. The zero-order chi connectivity index (χ0) is 10.8. The van der Waals surface area contributed by atoms with Gasteiger partial charge in [-0.3, -0.25) is 0 Å². The number of halogens is 4. The molecule has 0 atom stereocenters. The first-order chi connectivity index (χ1) is 6.45. The van der Waals surface area contributed by atoms with E-state index in [4.69, 9.17) is 4.74 Å². The van der Waals surface area contributed by atoms with Crippen LogP contribution in [0.5, 0.6) is 5.75 Å². The highest BCUT2D eigenvalue weighted by Crippen LogP contribution is 2.36. The van der Waals surface area contributed by atoms with E-state index in [1.54, 1.807) is 13.0 Å². The van der Waals surface area contributed by atoms with Crippen LogP contribution in [0.25, 0.3) is 0 Å². The lowest BCUT2D eigenvalue weighted by molar-refractivity contribution is -0.138. The van der Waals surface area contributed by atoms with Gasteiger partial charge in [0.1, 0.15) is 5.75 Å². The zero-order valence-corrected chi connectivity index (χ0v) is 9.52. The fourth-order valence-corrected chi connectivity index (χ4v) is 1.50. The molecule has 14 heavy (non-hydrogen) atoms. The molecule has 0 bridgehead atoms. The summed E-state index contributed by atoms with van der Waals surface area (Å²) in [6.07, 6.45) is -4.36. The van der Waals surface area contributed by atoms with E-state index in [0.717, 1.165) is 6.07 Å². The van der Waals surface area contributed by atoms with Crippen LogP contribution in [-0.4, -0.2) is 6.61 Å². The first-order valence-electron chi connectivity index (χ1n) is 3.94. The molecule has 5 heteroatoms. The van der Waals surface area contributed by atoms with Crippen molar-refractivity contribution in [2.24, 2.45) is 0 Å². The van der Waals surface area contributed by atoms with Crippen LogP contribution in [0.15, 0.2) is 18.2 Å². The standard InChI is InChI=1S/C9H8F3IO/c1-2-14-8-4-3-6(13)5-7(8)9(10,11)12/h3-5H,2H2,1H3. The number of alkyl halides is 3. The van der Waals surface area contributed by atoms with Crippen LogP contribution in [0.1, 0.15) is 12.5 Å². The first-order valence-corrected chi connectivity index (χ1v) is 5.02. The summed E-state index contributed by atoms with van der Waals surface area (Å²) in [5.74, 6) is -0.111. The zero-order valence-electron chi connectivity index (χ0n) is 7.36. The van der Waals surface area contributed by atoms with E-state index >= 15 is 0 Å². The Kier molecular flexibility index (Phi) is 3.63. The summed E-state index contributed by atoms with van der Waals surface area (Å²) < 4.78 is 42.8. The molecule has 0 aliphatic carbocycles. The van der Waals surface area contributed by atoms with Gasteiger partial charge in [-0.15, -0.1) is 0 Å². The quantitative estimate of drug-likeness (QED) is 0.756. The van der Waals surface area contributed by atoms with Crippen molar-refractivity contribution >= 4 is 22.6 Å². The van der Waals surface area contributed by atoms with Gasteiger partial charge in [0.15, 0.2) is 0 Å². The minimum atomic E-state index is -4.36. The molecule has 0 saturated carbocycles. The maximum absolute atomic E-state index is 12.5. The van der Waals surface area contributed by atoms with Crippen molar-refractivity contribution in [3.63, 3.8) is 0 Å². The van der Waals surface area contributed by atoms with Crippen molar-refractivity contribution < 1.29 is 17.9 Å². The Morgan fingerprint density at radius 2 is 2.00 bits per heavy atom. The average Bonchev–Trinajstić information content (AvgIpc) is 2.07. The maximum Gasteiger partial charge on any atom is 0.419 e. The molecule has 0 radical (unpaired) electrons. The number of benzene rings is 1. The highest BCUT2D eigenvalue weighted by atomic mass is 127. The van der Waals surface area contributed by atoms with Crippen LogP contribution in [0.3, 0.4) is 0 Å². The maximum atomic E-state index is 12.5. The van der Waals surface area contributed by atoms with Crippen LogP contribution < -0.4 is 4.74 Å². The van der Waals surface area contributed by atoms with Crippen molar-refractivity contribution in [2.75, 3.05) is 6.61 Å². The summed E-state index contributed by atoms with van der Waals surface area (Å²) >= 11 is 1.83. The van der Waals surface area contributed by atoms with Gasteiger partial charge in [-0.2, -0.15) is 13.2 Å². The molecule has 1 rings (SSSR count). The number of hydrogen-bond donors (Lipinski definition) is 0. The number of ether oxygens (including phenoxy) is 1. The Labute approximate surface area is 93.4 Å². The van der Waals surface area contributed by atoms with E-state index in [0.29, 0.717) is 3.57 Å². The summed E-state index contributed by atoms with van der Waals surface area (Å²) in [6, 6.07) is 4.00. The molecule has 0 N–H and O–H groups in total. The van der Waals surface area contributed by atoms with E-state index in [1.807, 2.05) is 22.6 Å². The molecule has 0 aliphatic rings. The number of hydrogen-bond acceptors (Lipinski definition) is 1. The van der Waals surface area contributed by atoms with Gasteiger partial charge in [-0.05, 0) is 47.7 Å². The minimum absolute atomic E-state index is 0.111. The molecule has 0 spiro atoms. The van der Waals surface area contributed by atoms with Crippen LogP contribution in [0, 0.1) is 3.57 Å². The topological polar surface area (TPSA) is 9.23 Å². The summed E-state index contributed by atoms with van der Waals surface area (Å²) in [5.41, 5.74) is -0.716. The van der Waals surface area contributed by atoms with Gasteiger partial charge in [0.05, 0.1) is 12.2 Å². The van der Waals surface area contributed by atoms with Crippen molar-refractivity contribution in [3.05, 3.63) is 27.3 Å².